The van der Waals surface area contributed by atoms with Crippen molar-refractivity contribution in [2.24, 2.45) is 0 Å². The van der Waals surface area contributed by atoms with Gasteiger partial charge < -0.3 is 30.5 Å². The first-order valence-corrected chi connectivity index (χ1v) is 10.1. The van der Waals surface area contributed by atoms with Gasteiger partial charge in [0, 0.05) is 25.3 Å². The summed E-state index contributed by atoms with van der Waals surface area (Å²) >= 11 is 0. The Kier molecular flexibility index (Phi) is 7.83. The van der Waals surface area contributed by atoms with Crippen molar-refractivity contribution in [2.75, 3.05) is 42.8 Å². The highest BCUT2D eigenvalue weighted by molar-refractivity contribution is 5.44. The van der Waals surface area contributed by atoms with Gasteiger partial charge in [-0.05, 0) is 25.3 Å². The van der Waals surface area contributed by atoms with E-state index in [0.717, 1.165) is 37.2 Å². The van der Waals surface area contributed by atoms with Crippen molar-refractivity contribution in [2.45, 2.75) is 44.9 Å². The van der Waals surface area contributed by atoms with Crippen LogP contribution in [0.25, 0.3) is 0 Å². The lowest BCUT2D eigenvalue weighted by Gasteiger charge is -2.17. The highest BCUT2D eigenvalue weighted by Gasteiger charge is 2.17. The fourth-order valence-electron chi connectivity index (χ4n) is 3.09. The summed E-state index contributed by atoms with van der Waals surface area (Å²) in [6.07, 6.45) is 3.04. The van der Waals surface area contributed by atoms with Crippen LogP contribution in [0.4, 0.5) is 17.8 Å². The number of nitrogens with one attached hydrogen (secondary N) is 3. The summed E-state index contributed by atoms with van der Waals surface area (Å²) in [6, 6.07) is 7.67. The molecule has 2 atom stereocenters. The monoisotopic (exact) mass is 402 g/mol. The van der Waals surface area contributed by atoms with Crippen molar-refractivity contribution in [3.05, 3.63) is 29.8 Å². The van der Waals surface area contributed by atoms with Crippen LogP contribution >= 0.6 is 0 Å². The van der Waals surface area contributed by atoms with Gasteiger partial charge in [-0.1, -0.05) is 25.1 Å². The summed E-state index contributed by atoms with van der Waals surface area (Å²) in [5, 5.41) is 19.1. The third-order valence-electron chi connectivity index (χ3n) is 4.82. The number of hydrogen-bond donors (Lipinski definition) is 4. The van der Waals surface area contributed by atoms with E-state index in [0.29, 0.717) is 30.9 Å². The number of ether oxygens (including phenoxy) is 2. The number of para-hydroxylation sites is 1. The molecule has 0 spiro atoms. The average molecular weight is 402 g/mol. The van der Waals surface area contributed by atoms with Crippen LogP contribution in [0.3, 0.4) is 0 Å². The van der Waals surface area contributed by atoms with E-state index in [4.69, 9.17) is 9.47 Å². The minimum absolute atomic E-state index is 0.00480. The second-order valence-electron chi connectivity index (χ2n) is 6.92. The van der Waals surface area contributed by atoms with Gasteiger partial charge in [-0.25, -0.2) is 0 Å². The fourth-order valence-corrected chi connectivity index (χ4v) is 3.09. The van der Waals surface area contributed by atoms with Gasteiger partial charge in [-0.15, -0.1) is 0 Å². The van der Waals surface area contributed by atoms with E-state index >= 15 is 0 Å². The molecule has 1 saturated heterocycles. The number of nitrogens with zero attached hydrogens (tertiary/aromatic N) is 3. The number of rotatable bonds is 11. The molecule has 158 valence electrons. The number of aliphatic hydroxyl groups is 1. The Morgan fingerprint density at radius 2 is 1.93 bits per heavy atom. The first-order valence-electron chi connectivity index (χ1n) is 10.1. The van der Waals surface area contributed by atoms with E-state index in [9.17, 15) is 5.11 Å². The third-order valence-corrected chi connectivity index (χ3v) is 4.82. The second kappa shape index (κ2) is 10.8. The van der Waals surface area contributed by atoms with E-state index < -0.39 is 0 Å². The molecule has 0 amide bonds. The van der Waals surface area contributed by atoms with E-state index in [-0.39, 0.29) is 18.8 Å². The molecule has 2 heterocycles. The molecule has 0 radical (unpaired) electrons. The van der Waals surface area contributed by atoms with Gasteiger partial charge >= 0.3 is 0 Å². The van der Waals surface area contributed by atoms with E-state index in [1.807, 2.05) is 31.2 Å². The van der Waals surface area contributed by atoms with Crippen LogP contribution in [0.15, 0.2) is 24.3 Å². The molecule has 1 aliphatic rings. The van der Waals surface area contributed by atoms with Gasteiger partial charge in [0.1, 0.15) is 5.75 Å². The maximum atomic E-state index is 9.49. The zero-order valence-electron chi connectivity index (χ0n) is 17.0. The van der Waals surface area contributed by atoms with Crippen LogP contribution in [0.2, 0.25) is 0 Å². The molecular weight excluding hydrogens is 372 g/mol. The maximum absolute atomic E-state index is 9.49. The number of benzene rings is 1. The van der Waals surface area contributed by atoms with Crippen molar-refractivity contribution in [3.8, 4) is 5.75 Å². The first-order chi connectivity index (χ1) is 14.2. The van der Waals surface area contributed by atoms with Crippen molar-refractivity contribution < 1.29 is 14.6 Å². The summed E-state index contributed by atoms with van der Waals surface area (Å²) < 4.78 is 11.1. The molecule has 1 aromatic heterocycles. The van der Waals surface area contributed by atoms with Crippen LogP contribution < -0.4 is 20.7 Å². The normalized spacial score (nSPS) is 17.0. The molecule has 29 heavy (non-hydrogen) atoms. The Morgan fingerprint density at radius 3 is 2.62 bits per heavy atom. The molecule has 3 rings (SSSR count). The number of hydrogen-bond acceptors (Lipinski definition) is 9. The maximum Gasteiger partial charge on any atom is 0.229 e. The minimum Gasteiger partial charge on any atom is -0.496 e. The van der Waals surface area contributed by atoms with Crippen LogP contribution in [-0.4, -0.2) is 59.1 Å². The van der Waals surface area contributed by atoms with Gasteiger partial charge in [0.05, 0.1) is 25.9 Å². The summed E-state index contributed by atoms with van der Waals surface area (Å²) in [4.78, 5) is 13.4. The Balaban J connectivity index is 1.73. The summed E-state index contributed by atoms with van der Waals surface area (Å²) in [5.41, 5.74) is 1.00. The highest BCUT2D eigenvalue weighted by atomic mass is 16.5. The summed E-state index contributed by atoms with van der Waals surface area (Å²) in [7, 11) is 1.65. The Morgan fingerprint density at radius 1 is 1.17 bits per heavy atom. The lowest BCUT2D eigenvalue weighted by atomic mass is 10.2. The van der Waals surface area contributed by atoms with Gasteiger partial charge in [0.15, 0.2) is 0 Å². The molecule has 9 heteroatoms. The number of aromatic nitrogens is 3. The molecule has 1 fully saturated rings. The molecule has 0 aliphatic carbocycles. The summed E-state index contributed by atoms with van der Waals surface area (Å²) in [6.45, 7) is 3.95. The minimum atomic E-state index is -0.120. The van der Waals surface area contributed by atoms with Gasteiger partial charge in [0.2, 0.25) is 17.8 Å². The number of methoxy groups -OCH3 is 1. The van der Waals surface area contributed by atoms with Crippen LogP contribution in [-0.2, 0) is 11.3 Å². The predicted molar refractivity (Wildman–Crippen MR) is 112 cm³/mol. The van der Waals surface area contributed by atoms with E-state index in [1.54, 1.807) is 7.11 Å². The van der Waals surface area contributed by atoms with Crippen molar-refractivity contribution in [3.63, 3.8) is 0 Å². The molecule has 4 N–H and O–H groups in total. The molecule has 0 bridgehead atoms. The molecule has 2 aromatic rings. The Hall–Kier alpha value is -2.65. The van der Waals surface area contributed by atoms with E-state index in [2.05, 4.69) is 30.9 Å². The standard InChI is InChI=1S/C20H30N6O3/c1-3-15(13-27)23-20-25-18(21-11-14-7-4-5-9-17(14)28-2)24-19(26-20)22-12-16-8-6-10-29-16/h4-5,7,9,15-16,27H,3,6,8,10-13H2,1-2H3,(H3,21,22,23,24,25,26)/t15-,16?/m1/s1. The molecule has 0 saturated carbocycles. The van der Waals surface area contributed by atoms with Gasteiger partial charge in [0.25, 0.3) is 0 Å². The Bertz CT molecular complexity index is 766. The third kappa shape index (κ3) is 6.16. The second-order valence-corrected chi connectivity index (χ2v) is 6.92. The molecule has 9 nitrogen and oxygen atoms in total. The molecule has 1 aliphatic heterocycles. The van der Waals surface area contributed by atoms with Crippen LogP contribution in [0.5, 0.6) is 5.75 Å². The van der Waals surface area contributed by atoms with Crippen molar-refractivity contribution >= 4 is 17.8 Å². The zero-order chi connectivity index (χ0) is 20.5. The summed E-state index contributed by atoms with van der Waals surface area (Å²) in [5.74, 6) is 2.12. The van der Waals surface area contributed by atoms with Crippen molar-refractivity contribution in [1.82, 2.24) is 15.0 Å². The van der Waals surface area contributed by atoms with Crippen molar-refractivity contribution in [1.29, 1.82) is 0 Å². The molecule has 1 unspecified atom stereocenters. The fraction of sp³-hybridized carbons (Fsp3) is 0.550. The number of aliphatic hydroxyl groups excluding tert-OH is 1. The largest absolute Gasteiger partial charge is 0.496 e. The Labute approximate surface area is 171 Å². The van der Waals surface area contributed by atoms with Crippen LogP contribution in [0, 0.1) is 0 Å². The predicted octanol–water partition coefficient (Wildman–Crippen LogP) is 2.27. The van der Waals surface area contributed by atoms with E-state index in [1.165, 1.54) is 0 Å². The van der Waals surface area contributed by atoms with Crippen LogP contribution in [0.1, 0.15) is 31.7 Å². The topological polar surface area (TPSA) is 113 Å². The quantitative estimate of drug-likeness (QED) is 0.449. The SMILES string of the molecule is CC[C@H](CO)Nc1nc(NCc2ccccc2OC)nc(NCC2CCCO2)n1. The zero-order valence-corrected chi connectivity index (χ0v) is 17.0. The van der Waals surface area contributed by atoms with Gasteiger partial charge in [-0.2, -0.15) is 15.0 Å². The molecular formula is C20H30N6O3. The first kappa shape index (κ1) is 21.1. The lowest BCUT2D eigenvalue weighted by molar-refractivity contribution is 0.120. The smallest absolute Gasteiger partial charge is 0.229 e. The average Bonchev–Trinajstić information content (AvgIpc) is 3.28. The lowest BCUT2D eigenvalue weighted by Crippen LogP contribution is -2.25. The number of anilines is 3. The highest BCUT2D eigenvalue weighted by Crippen LogP contribution is 2.19. The van der Waals surface area contributed by atoms with Gasteiger partial charge in [-0.3, -0.25) is 0 Å². The molecule has 1 aromatic carbocycles.